The van der Waals surface area contributed by atoms with E-state index in [2.05, 4.69) is 42.2 Å². The van der Waals surface area contributed by atoms with Crippen molar-refractivity contribution in [1.29, 1.82) is 0 Å². The minimum atomic E-state index is 0.284. The molecule has 0 aliphatic rings. The number of para-hydroxylation sites is 1. The average Bonchev–Trinajstić information content (AvgIpc) is 3.19. The van der Waals surface area contributed by atoms with Crippen LogP contribution in [0.3, 0.4) is 0 Å². The number of aromatic amines is 1. The highest BCUT2D eigenvalue weighted by atomic mass is 16.1. The molecule has 174 valence electrons. The molecule has 32 heavy (non-hydrogen) atoms. The molecule has 0 unspecified atom stereocenters. The summed E-state index contributed by atoms with van der Waals surface area (Å²) in [6.07, 6.45) is 21.0. The minimum absolute atomic E-state index is 0.284. The van der Waals surface area contributed by atoms with Crippen LogP contribution in [-0.4, -0.2) is 10.8 Å². The van der Waals surface area contributed by atoms with Crippen LogP contribution in [0.4, 0.5) is 0 Å². The van der Waals surface area contributed by atoms with Gasteiger partial charge in [0.15, 0.2) is 5.78 Å². The maximum atomic E-state index is 12.7. The third kappa shape index (κ3) is 7.80. The van der Waals surface area contributed by atoms with E-state index >= 15 is 0 Å². The summed E-state index contributed by atoms with van der Waals surface area (Å²) in [5.41, 5.74) is 3.09. The molecule has 0 aliphatic heterocycles. The molecule has 0 amide bonds. The zero-order valence-corrected chi connectivity index (χ0v) is 20.3. The predicted molar refractivity (Wildman–Crippen MR) is 140 cm³/mol. The molecule has 0 saturated carbocycles. The topological polar surface area (TPSA) is 32.9 Å². The molecule has 3 aromatic rings. The Morgan fingerprint density at radius 1 is 0.625 bits per heavy atom. The molecule has 1 N–H and O–H groups in total. The maximum Gasteiger partial charge on any atom is 0.162 e. The predicted octanol–water partition coefficient (Wildman–Crippen LogP) is 9.77. The van der Waals surface area contributed by atoms with E-state index in [9.17, 15) is 4.79 Å². The highest BCUT2D eigenvalue weighted by Gasteiger charge is 2.09. The van der Waals surface area contributed by atoms with Gasteiger partial charge in [0.1, 0.15) is 0 Å². The summed E-state index contributed by atoms with van der Waals surface area (Å²) >= 11 is 0. The molecule has 2 aromatic carbocycles. The number of fused-ring (bicyclic) bond motifs is 3. The summed E-state index contributed by atoms with van der Waals surface area (Å²) in [6, 6.07) is 14.4. The van der Waals surface area contributed by atoms with Gasteiger partial charge in [-0.1, -0.05) is 115 Å². The van der Waals surface area contributed by atoms with Crippen molar-refractivity contribution in [2.24, 2.45) is 0 Å². The van der Waals surface area contributed by atoms with Gasteiger partial charge in [-0.2, -0.15) is 0 Å². The molecule has 2 nitrogen and oxygen atoms in total. The lowest BCUT2D eigenvalue weighted by atomic mass is 10.0. The Balaban J connectivity index is 1.22. The van der Waals surface area contributed by atoms with Crippen molar-refractivity contribution in [1.82, 2.24) is 4.98 Å². The monoisotopic (exact) mass is 433 g/mol. The number of unbranched alkanes of at least 4 members (excludes halogenated alkanes) is 14. The van der Waals surface area contributed by atoms with Gasteiger partial charge >= 0.3 is 0 Å². The van der Waals surface area contributed by atoms with E-state index < -0.39 is 0 Å². The molecule has 0 fully saturated rings. The zero-order valence-electron chi connectivity index (χ0n) is 20.3. The smallest absolute Gasteiger partial charge is 0.162 e. The van der Waals surface area contributed by atoms with Crippen molar-refractivity contribution >= 4 is 27.6 Å². The number of rotatable bonds is 17. The number of hydrogen-bond donors (Lipinski definition) is 1. The van der Waals surface area contributed by atoms with Crippen LogP contribution in [0.5, 0.6) is 0 Å². The van der Waals surface area contributed by atoms with Crippen LogP contribution in [0, 0.1) is 0 Å². The molecule has 2 heteroatoms. The molecule has 0 aliphatic carbocycles. The van der Waals surface area contributed by atoms with E-state index in [-0.39, 0.29) is 5.78 Å². The van der Waals surface area contributed by atoms with Crippen LogP contribution in [0.15, 0.2) is 42.5 Å². The van der Waals surface area contributed by atoms with E-state index in [0.717, 1.165) is 28.4 Å². The fourth-order valence-corrected chi connectivity index (χ4v) is 4.82. The lowest BCUT2D eigenvalue weighted by Crippen LogP contribution is -1.98. The van der Waals surface area contributed by atoms with Gasteiger partial charge in [0.05, 0.1) is 0 Å². The first-order valence-corrected chi connectivity index (χ1v) is 13.3. The van der Waals surface area contributed by atoms with Gasteiger partial charge < -0.3 is 4.98 Å². The van der Waals surface area contributed by atoms with Crippen LogP contribution in [-0.2, 0) is 0 Å². The number of H-pyrrole nitrogens is 1. The molecular weight excluding hydrogens is 390 g/mol. The zero-order chi connectivity index (χ0) is 22.4. The van der Waals surface area contributed by atoms with E-state index in [1.165, 1.54) is 95.3 Å². The molecule has 0 atom stereocenters. The highest BCUT2D eigenvalue weighted by Crippen LogP contribution is 2.26. The van der Waals surface area contributed by atoms with Crippen molar-refractivity contribution in [3.8, 4) is 0 Å². The van der Waals surface area contributed by atoms with Crippen LogP contribution >= 0.6 is 0 Å². The fourth-order valence-electron chi connectivity index (χ4n) is 4.82. The maximum absolute atomic E-state index is 12.7. The molecule has 0 radical (unpaired) electrons. The second-order valence-electron chi connectivity index (χ2n) is 9.55. The molecule has 1 aromatic heterocycles. The first-order chi connectivity index (χ1) is 15.8. The number of benzene rings is 2. The third-order valence-corrected chi connectivity index (χ3v) is 6.84. The second-order valence-corrected chi connectivity index (χ2v) is 9.55. The molecule has 0 bridgehead atoms. The first kappa shape index (κ1) is 24.6. The summed E-state index contributed by atoms with van der Waals surface area (Å²) in [6.45, 7) is 2.28. The Kier molecular flexibility index (Phi) is 10.8. The summed E-state index contributed by atoms with van der Waals surface area (Å²) in [4.78, 5) is 16.1. The second kappa shape index (κ2) is 14.1. The summed E-state index contributed by atoms with van der Waals surface area (Å²) in [7, 11) is 0. The van der Waals surface area contributed by atoms with Gasteiger partial charge in [0, 0.05) is 33.8 Å². The number of hydrogen-bond acceptors (Lipinski definition) is 1. The van der Waals surface area contributed by atoms with Crippen molar-refractivity contribution in [2.45, 2.75) is 110 Å². The molecule has 1 heterocycles. The van der Waals surface area contributed by atoms with E-state index in [1.807, 2.05) is 12.1 Å². The summed E-state index contributed by atoms with van der Waals surface area (Å²) in [5.74, 6) is 0.284. The van der Waals surface area contributed by atoms with E-state index in [0.29, 0.717) is 6.42 Å². The molecule has 0 saturated heterocycles. The normalized spacial score (nSPS) is 11.5. The number of carbonyl (C=O) groups excluding carboxylic acids is 1. The summed E-state index contributed by atoms with van der Waals surface area (Å²) in [5, 5.41) is 2.35. The number of nitrogens with one attached hydrogen (secondary N) is 1. The number of Topliss-reactive ketones (excluding diaryl/α,β-unsaturated/α-hetero) is 1. The Morgan fingerprint density at radius 3 is 1.78 bits per heavy atom. The van der Waals surface area contributed by atoms with Crippen LogP contribution < -0.4 is 0 Å². The molecular formula is C30H43NO. The Morgan fingerprint density at radius 2 is 1.16 bits per heavy atom. The minimum Gasteiger partial charge on any atom is -0.355 e. The van der Waals surface area contributed by atoms with Gasteiger partial charge in [-0.25, -0.2) is 0 Å². The lowest BCUT2D eigenvalue weighted by Gasteiger charge is -2.04. The van der Waals surface area contributed by atoms with Crippen molar-refractivity contribution in [2.75, 3.05) is 0 Å². The van der Waals surface area contributed by atoms with Crippen LogP contribution in [0.2, 0.25) is 0 Å². The van der Waals surface area contributed by atoms with Gasteiger partial charge in [0.2, 0.25) is 0 Å². The SMILES string of the molecule is CCCCCCCCCCCCCCCCCC(=O)c1ccc2[nH]c3ccccc3c2c1. The third-order valence-electron chi connectivity index (χ3n) is 6.84. The van der Waals surface area contributed by atoms with Gasteiger partial charge in [0.25, 0.3) is 0 Å². The van der Waals surface area contributed by atoms with Crippen LogP contribution in [0.1, 0.15) is 120 Å². The van der Waals surface area contributed by atoms with Gasteiger partial charge in [-0.3, -0.25) is 4.79 Å². The average molecular weight is 434 g/mol. The highest BCUT2D eigenvalue weighted by molar-refractivity contribution is 6.10. The summed E-state index contributed by atoms with van der Waals surface area (Å²) < 4.78 is 0. The fraction of sp³-hybridized carbons (Fsp3) is 0.567. The Hall–Kier alpha value is -2.09. The quantitative estimate of drug-likeness (QED) is 0.167. The van der Waals surface area contributed by atoms with Crippen molar-refractivity contribution < 1.29 is 4.79 Å². The molecule has 0 spiro atoms. The standard InChI is InChI=1S/C30H43NO/c1-2-3-4-5-6-7-8-9-10-11-12-13-14-15-16-21-30(32)25-22-23-29-27(24-25)26-19-17-18-20-28(26)31-29/h17-20,22-24,31H,2-16,21H2,1H3. The lowest BCUT2D eigenvalue weighted by molar-refractivity contribution is 0.0979. The Labute approximate surface area is 195 Å². The van der Waals surface area contributed by atoms with E-state index in [4.69, 9.17) is 0 Å². The first-order valence-electron chi connectivity index (χ1n) is 13.3. The van der Waals surface area contributed by atoms with E-state index in [1.54, 1.807) is 0 Å². The van der Waals surface area contributed by atoms with Crippen LogP contribution in [0.25, 0.3) is 21.8 Å². The van der Waals surface area contributed by atoms with Crippen molar-refractivity contribution in [3.63, 3.8) is 0 Å². The Bertz CT molecular complexity index is 938. The van der Waals surface area contributed by atoms with Gasteiger partial charge in [-0.15, -0.1) is 0 Å². The van der Waals surface area contributed by atoms with Crippen molar-refractivity contribution in [3.05, 3.63) is 48.0 Å². The number of aromatic nitrogens is 1. The number of carbonyl (C=O) groups is 1. The van der Waals surface area contributed by atoms with Gasteiger partial charge in [-0.05, 0) is 30.7 Å². The molecule has 3 rings (SSSR count). The number of ketones is 1. The largest absolute Gasteiger partial charge is 0.355 e.